The van der Waals surface area contributed by atoms with E-state index in [0.29, 0.717) is 17.2 Å². The van der Waals surface area contributed by atoms with Gasteiger partial charge in [-0.3, -0.25) is 0 Å². The second-order valence-corrected chi connectivity index (χ2v) is 23.6. The first-order chi connectivity index (χ1) is 25.6. The molecule has 3 N–H and O–H groups in total. The number of benzene rings is 4. The predicted octanol–water partition coefficient (Wildman–Crippen LogP) is 14.4. The van der Waals surface area contributed by atoms with E-state index < -0.39 is 0 Å². The summed E-state index contributed by atoms with van der Waals surface area (Å²) in [6, 6.07) is 18.2. The Kier molecular flexibility index (Phi) is 12.5. The van der Waals surface area contributed by atoms with E-state index in [1.165, 1.54) is 38.9 Å². The monoisotopic (exact) mass is 775 g/mol. The summed E-state index contributed by atoms with van der Waals surface area (Å²) in [6.07, 6.45) is 2.32. The molecule has 4 aromatic rings. The summed E-state index contributed by atoms with van der Waals surface area (Å²) in [5.41, 5.74) is 13.3. The van der Waals surface area contributed by atoms with Gasteiger partial charge in [0.1, 0.15) is 17.2 Å². The normalized spacial score (nSPS) is 13.5. The molecule has 0 unspecified atom stereocenters. The van der Waals surface area contributed by atoms with Crippen LogP contribution in [0.1, 0.15) is 203 Å². The second-order valence-electron chi connectivity index (χ2n) is 23.6. The molecular weight excluding hydrogens is 697 g/mol. The van der Waals surface area contributed by atoms with Crippen LogP contribution in [-0.2, 0) is 51.8 Å². The highest BCUT2D eigenvalue weighted by Gasteiger charge is 2.32. The van der Waals surface area contributed by atoms with Crippen LogP contribution >= 0.6 is 0 Å². The molecular formula is C54H78O3. The number of aromatic hydroxyl groups is 3. The van der Waals surface area contributed by atoms with Crippen molar-refractivity contribution in [3.8, 4) is 17.2 Å². The van der Waals surface area contributed by atoms with E-state index in [-0.39, 0.29) is 38.4 Å². The number of rotatable bonds is 7. The van der Waals surface area contributed by atoms with Crippen LogP contribution in [0.25, 0.3) is 0 Å². The summed E-state index contributed by atoms with van der Waals surface area (Å²) in [4.78, 5) is 0. The number of hydrogen-bond donors (Lipinski definition) is 3. The third kappa shape index (κ3) is 10.5. The van der Waals surface area contributed by atoms with E-state index >= 15 is 0 Å². The molecule has 0 aliphatic rings. The van der Waals surface area contributed by atoms with E-state index in [2.05, 4.69) is 187 Å². The van der Waals surface area contributed by atoms with E-state index in [1.807, 2.05) is 0 Å². The molecule has 0 fully saturated rings. The lowest BCUT2D eigenvalue weighted by molar-refractivity contribution is 0.421. The fourth-order valence-corrected chi connectivity index (χ4v) is 8.55. The van der Waals surface area contributed by atoms with Crippen LogP contribution in [0.5, 0.6) is 17.2 Å². The largest absolute Gasteiger partial charge is 0.507 e. The van der Waals surface area contributed by atoms with Crippen molar-refractivity contribution in [2.24, 2.45) is 0 Å². The van der Waals surface area contributed by atoms with Crippen molar-refractivity contribution < 1.29 is 15.3 Å². The maximum atomic E-state index is 11.7. The molecule has 4 rings (SSSR count). The molecule has 0 spiro atoms. The zero-order chi connectivity index (χ0) is 43.6. The van der Waals surface area contributed by atoms with Crippen LogP contribution in [0, 0.1) is 13.8 Å². The zero-order valence-corrected chi connectivity index (χ0v) is 39.7. The van der Waals surface area contributed by atoms with Crippen LogP contribution in [-0.4, -0.2) is 15.3 Å². The molecule has 0 bridgehead atoms. The lowest BCUT2D eigenvalue weighted by atomic mass is 9.74. The number of hydrogen-bond acceptors (Lipinski definition) is 3. The molecule has 312 valence electrons. The molecule has 0 amide bonds. The van der Waals surface area contributed by atoms with Crippen molar-refractivity contribution in [1.29, 1.82) is 0 Å². The summed E-state index contributed by atoms with van der Waals surface area (Å²) in [5.74, 6) is 1.31. The van der Waals surface area contributed by atoms with Gasteiger partial charge >= 0.3 is 0 Å². The van der Waals surface area contributed by atoms with Crippen molar-refractivity contribution >= 4 is 0 Å². The minimum Gasteiger partial charge on any atom is -0.507 e. The minimum atomic E-state index is -0.241. The predicted molar refractivity (Wildman–Crippen MR) is 245 cm³/mol. The topological polar surface area (TPSA) is 60.7 Å². The van der Waals surface area contributed by atoms with E-state index in [4.69, 9.17) is 0 Å². The van der Waals surface area contributed by atoms with Gasteiger partial charge in [-0.05, 0) is 138 Å². The summed E-state index contributed by atoms with van der Waals surface area (Å²) < 4.78 is 0. The van der Waals surface area contributed by atoms with Crippen LogP contribution in [0.15, 0.2) is 48.5 Å². The van der Waals surface area contributed by atoms with Crippen molar-refractivity contribution in [2.75, 3.05) is 0 Å². The van der Waals surface area contributed by atoms with Crippen LogP contribution in [0.3, 0.4) is 0 Å². The Balaban J connectivity index is 2.08. The van der Waals surface area contributed by atoms with Crippen molar-refractivity contribution in [1.82, 2.24) is 0 Å². The molecule has 0 aliphatic heterocycles. The van der Waals surface area contributed by atoms with Gasteiger partial charge in [-0.25, -0.2) is 0 Å². The van der Waals surface area contributed by atoms with Crippen molar-refractivity contribution in [3.05, 3.63) is 121 Å². The lowest BCUT2D eigenvalue weighted by Gasteiger charge is -2.31. The third-order valence-electron chi connectivity index (χ3n) is 11.8. The Morgan fingerprint density at radius 3 is 0.912 bits per heavy atom. The Labute approximate surface area is 348 Å². The number of phenolic OH excluding ortho intramolecular Hbond substituents is 3. The lowest BCUT2D eigenvalue weighted by Crippen LogP contribution is -2.20. The Hall–Kier alpha value is -3.72. The highest BCUT2D eigenvalue weighted by Crippen LogP contribution is 2.45. The minimum absolute atomic E-state index is 0.0928. The van der Waals surface area contributed by atoms with E-state index in [1.54, 1.807) is 0 Å². The average molecular weight is 775 g/mol. The van der Waals surface area contributed by atoms with E-state index in [0.717, 1.165) is 52.6 Å². The smallest absolute Gasteiger partial charge is 0.123 e. The van der Waals surface area contributed by atoms with Crippen LogP contribution in [0.2, 0.25) is 0 Å². The molecule has 0 heterocycles. The van der Waals surface area contributed by atoms with Gasteiger partial charge in [0.25, 0.3) is 0 Å². The summed E-state index contributed by atoms with van der Waals surface area (Å²) in [7, 11) is 0. The molecule has 3 nitrogen and oxygen atoms in total. The fourth-order valence-electron chi connectivity index (χ4n) is 8.55. The molecule has 0 radical (unpaired) electrons. The third-order valence-corrected chi connectivity index (χ3v) is 11.8. The second kappa shape index (κ2) is 15.5. The molecule has 0 saturated carbocycles. The van der Waals surface area contributed by atoms with Gasteiger partial charge in [0.2, 0.25) is 0 Å². The first-order valence-electron chi connectivity index (χ1n) is 21.3. The standard InChI is InChI=1S/C54H78O3/c1-32-21-33(2)38(25-36-30-44(53(15,16)17)48(57)45(31-36)54(18,19)20)39(22-32)37(23-34-26-40(49(3,4)5)46(55)41(27-34)50(6,7)8)24-35-28-42(51(9,10)11)47(56)43(29-35)52(12,13)14/h21-22,26-31,37,55-57H,23-25H2,1-20H3. The van der Waals surface area contributed by atoms with Gasteiger partial charge < -0.3 is 15.3 Å². The SMILES string of the molecule is Cc1cc(C)c(Cc2cc(C(C)(C)C)c(O)c(C(C)(C)C)c2)c(C(Cc2cc(C(C)(C)C)c(O)c(C(C)(C)C)c2)Cc2cc(C(C)(C)C)c(O)c(C(C)(C)C)c2)c1. The first-order valence-corrected chi connectivity index (χ1v) is 21.3. The van der Waals surface area contributed by atoms with Crippen molar-refractivity contribution in [3.63, 3.8) is 0 Å². The Morgan fingerprint density at radius 1 is 0.386 bits per heavy atom. The van der Waals surface area contributed by atoms with Gasteiger partial charge in [0.05, 0.1) is 0 Å². The van der Waals surface area contributed by atoms with E-state index in [9.17, 15) is 15.3 Å². The first kappa shape index (κ1) is 46.0. The molecule has 4 aromatic carbocycles. The highest BCUT2D eigenvalue weighted by molar-refractivity contribution is 5.55. The summed E-state index contributed by atoms with van der Waals surface area (Å²) in [5, 5.41) is 35.1. The van der Waals surface area contributed by atoms with Gasteiger partial charge in [0, 0.05) is 0 Å². The maximum Gasteiger partial charge on any atom is 0.123 e. The fraction of sp³-hybridized carbons (Fsp3) is 0.556. The molecule has 3 heteroatoms. The van der Waals surface area contributed by atoms with Gasteiger partial charge in [-0.1, -0.05) is 179 Å². The molecule has 0 aromatic heterocycles. The molecule has 0 atom stereocenters. The summed E-state index contributed by atoms with van der Waals surface area (Å²) in [6.45, 7) is 43.8. The highest BCUT2D eigenvalue weighted by atomic mass is 16.3. The Bertz CT molecular complexity index is 1910. The zero-order valence-electron chi connectivity index (χ0n) is 39.7. The number of phenols is 3. The molecule has 0 aliphatic carbocycles. The average Bonchev–Trinajstić information content (AvgIpc) is 3.00. The van der Waals surface area contributed by atoms with Gasteiger partial charge in [0.15, 0.2) is 0 Å². The van der Waals surface area contributed by atoms with Gasteiger partial charge in [-0.15, -0.1) is 0 Å². The maximum absolute atomic E-state index is 11.7. The van der Waals surface area contributed by atoms with Gasteiger partial charge in [-0.2, -0.15) is 0 Å². The Morgan fingerprint density at radius 2 is 0.649 bits per heavy atom. The molecule has 0 saturated heterocycles. The van der Waals surface area contributed by atoms with Crippen LogP contribution < -0.4 is 0 Å². The van der Waals surface area contributed by atoms with Crippen LogP contribution in [0.4, 0.5) is 0 Å². The quantitative estimate of drug-likeness (QED) is 0.175. The summed E-state index contributed by atoms with van der Waals surface area (Å²) >= 11 is 0. The van der Waals surface area contributed by atoms with Crippen molar-refractivity contribution in [2.45, 2.75) is 196 Å². The number of aryl methyl sites for hydroxylation is 2. The molecule has 57 heavy (non-hydrogen) atoms.